The third-order valence-electron chi connectivity index (χ3n) is 6.54. The number of sulfone groups is 1. The number of guanidine groups is 1. The van der Waals surface area contributed by atoms with Gasteiger partial charge in [-0.25, -0.2) is 8.42 Å². The van der Waals surface area contributed by atoms with E-state index in [2.05, 4.69) is 20.5 Å². The van der Waals surface area contributed by atoms with E-state index >= 15 is 0 Å². The first-order valence-corrected chi connectivity index (χ1v) is 13.2. The first-order chi connectivity index (χ1) is 14.4. The topological polar surface area (TPSA) is 73.8 Å². The van der Waals surface area contributed by atoms with Gasteiger partial charge in [0.2, 0.25) is 0 Å². The number of hydrogen-bond acceptors (Lipinski definition) is 4. The van der Waals surface area contributed by atoms with E-state index in [0.717, 1.165) is 29.5 Å². The van der Waals surface area contributed by atoms with Crippen LogP contribution in [0.15, 0.2) is 28.1 Å². The summed E-state index contributed by atoms with van der Waals surface area (Å²) < 4.78 is 23.6. The predicted octanol–water partition coefficient (Wildman–Crippen LogP) is 3.11. The normalized spacial score (nSPS) is 21.7. The molecule has 0 radical (unpaired) electrons. The van der Waals surface area contributed by atoms with Gasteiger partial charge in [-0.15, -0.1) is 0 Å². The molecule has 1 saturated heterocycles. The molecule has 1 unspecified atom stereocenters. The molecule has 1 saturated carbocycles. The van der Waals surface area contributed by atoms with Crippen molar-refractivity contribution in [2.24, 2.45) is 10.9 Å². The molecule has 1 atom stereocenters. The van der Waals surface area contributed by atoms with Gasteiger partial charge in [-0.2, -0.15) is 0 Å². The van der Waals surface area contributed by atoms with E-state index in [1.54, 1.807) is 13.1 Å². The van der Waals surface area contributed by atoms with Crippen LogP contribution in [-0.2, 0) is 16.4 Å². The minimum absolute atomic E-state index is 0.396. The van der Waals surface area contributed by atoms with Crippen molar-refractivity contribution in [2.75, 3.05) is 32.9 Å². The van der Waals surface area contributed by atoms with Crippen molar-refractivity contribution in [1.29, 1.82) is 0 Å². The van der Waals surface area contributed by atoms with Crippen molar-refractivity contribution in [3.63, 3.8) is 0 Å². The van der Waals surface area contributed by atoms with Crippen molar-refractivity contribution in [1.82, 2.24) is 15.5 Å². The molecule has 2 N–H and O–H groups in total. The lowest BCUT2D eigenvalue weighted by Crippen LogP contribution is -2.45. The zero-order chi connectivity index (χ0) is 21.6. The molecule has 0 bridgehead atoms. The van der Waals surface area contributed by atoms with Gasteiger partial charge in [-0.05, 0) is 62.3 Å². The van der Waals surface area contributed by atoms with E-state index in [0.29, 0.717) is 17.5 Å². The SMILES string of the molecule is CN=C(NCc1ccc(S(C)(=O)=O)c(C)c1)NCC1CCCN1CC1CCCCC1. The molecule has 6 nitrogen and oxygen atoms in total. The highest BCUT2D eigenvalue weighted by Crippen LogP contribution is 2.27. The van der Waals surface area contributed by atoms with Crippen LogP contribution < -0.4 is 10.6 Å². The van der Waals surface area contributed by atoms with Crippen molar-refractivity contribution in [3.05, 3.63) is 29.3 Å². The molecular weight excluding hydrogens is 396 g/mol. The molecule has 1 aliphatic carbocycles. The van der Waals surface area contributed by atoms with E-state index in [1.165, 1.54) is 64.3 Å². The minimum atomic E-state index is -3.18. The molecule has 1 aliphatic heterocycles. The Labute approximate surface area is 182 Å². The number of likely N-dealkylation sites (tertiary alicyclic amines) is 1. The summed E-state index contributed by atoms with van der Waals surface area (Å²) in [6.07, 6.45) is 10.8. The summed E-state index contributed by atoms with van der Waals surface area (Å²) in [5.74, 6) is 1.68. The van der Waals surface area contributed by atoms with Crippen LogP contribution in [0.4, 0.5) is 0 Å². The van der Waals surface area contributed by atoms with E-state index in [9.17, 15) is 8.42 Å². The Morgan fingerprint density at radius 1 is 1.13 bits per heavy atom. The number of benzene rings is 1. The first kappa shape index (κ1) is 23.1. The lowest BCUT2D eigenvalue weighted by molar-refractivity contribution is 0.188. The van der Waals surface area contributed by atoms with Crippen LogP contribution in [-0.4, -0.2) is 58.3 Å². The largest absolute Gasteiger partial charge is 0.355 e. The maximum atomic E-state index is 11.8. The number of aliphatic imine (C=N–C) groups is 1. The Morgan fingerprint density at radius 3 is 2.57 bits per heavy atom. The Bertz CT molecular complexity index is 832. The van der Waals surface area contributed by atoms with Crippen LogP contribution in [0.3, 0.4) is 0 Å². The van der Waals surface area contributed by atoms with E-state index in [1.807, 2.05) is 19.1 Å². The van der Waals surface area contributed by atoms with Crippen LogP contribution >= 0.6 is 0 Å². The summed E-state index contributed by atoms with van der Waals surface area (Å²) in [6, 6.07) is 6.08. The fourth-order valence-electron chi connectivity index (χ4n) is 4.93. The third kappa shape index (κ3) is 6.45. The van der Waals surface area contributed by atoms with Gasteiger partial charge < -0.3 is 10.6 Å². The molecule has 0 spiro atoms. The van der Waals surface area contributed by atoms with Gasteiger partial charge in [0.15, 0.2) is 15.8 Å². The number of rotatable bonds is 7. The van der Waals surface area contributed by atoms with Gasteiger partial charge in [0.25, 0.3) is 0 Å². The standard InChI is InChI=1S/C23H38N4O2S/c1-18-14-20(11-12-22(18)30(3,28)29)15-25-23(24-2)26-16-21-10-7-13-27(21)17-19-8-5-4-6-9-19/h11-12,14,19,21H,4-10,13,15-17H2,1-3H3,(H2,24,25,26). The van der Waals surface area contributed by atoms with E-state index in [-0.39, 0.29) is 0 Å². The van der Waals surface area contributed by atoms with Crippen molar-refractivity contribution < 1.29 is 8.42 Å². The lowest BCUT2D eigenvalue weighted by atomic mass is 9.89. The quantitative estimate of drug-likeness (QED) is 0.510. The summed E-state index contributed by atoms with van der Waals surface area (Å²) in [7, 11) is -1.39. The van der Waals surface area contributed by atoms with Crippen molar-refractivity contribution in [2.45, 2.75) is 69.4 Å². The third-order valence-corrected chi connectivity index (χ3v) is 7.80. The molecule has 2 fully saturated rings. The summed E-state index contributed by atoms with van der Waals surface area (Å²) in [5.41, 5.74) is 1.83. The van der Waals surface area contributed by atoms with Crippen molar-refractivity contribution >= 4 is 15.8 Å². The van der Waals surface area contributed by atoms with Gasteiger partial charge in [0.1, 0.15) is 0 Å². The monoisotopic (exact) mass is 434 g/mol. The molecule has 2 aliphatic rings. The molecule has 1 aromatic rings. The second-order valence-electron chi connectivity index (χ2n) is 8.97. The smallest absolute Gasteiger partial charge is 0.191 e. The average Bonchev–Trinajstić information content (AvgIpc) is 3.15. The maximum absolute atomic E-state index is 11.8. The van der Waals surface area contributed by atoms with Crippen LogP contribution in [0.2, 0.25) is 0 Å². The first-order valence-electron chi connectivity index (χ1n) is 11.3. The molecule has 1 aromatic carbocycles. The van der Waals surface area contributed by atoms with E-state index in [4.69, 9.17) is 0 Å². The molecule has 168 valence electrons. The second-order valence-corrected chi connectivity index (χ2v) is 11.0. The highest BCUT2D eigenvalue weighted by atomic mass is 32.2. The Balaban J connectivity index is 1.48. The lowest BCUT2D eigenvalue weighted by Gasteiger charge is -2.31. The number of nitrogens with one attached hydrogen (secondary N) is 2. The fraction of sp³-hybridized carbons (Fsp3) is 0.696. The van der Waals surface area contributed by atoms with Gasteiger partial charge in [-0.3, -0.25) is 9.89 Å². The highest BCUT2D eigenvalue weighted by Gasteiger charge is 2.27. The average molecular weight is 435 g/mol. The van der Waals surface area contributed by atoms with E-state index < -0.39 is 9.84 Å². The number of aryl methyl sites for hydroxylation is 1. The molecule has 3 rings (SSSR count). The van der Waals surface area contributed by atoms with Gasteiger partial charge in [-0.1, -0.05) is 31.4 Å². The number of nitrogens with zero attached hydrogens (tertiary/aromatic N) is 2. The second kappa shape index (κ2) is 10.6. The predicted molar refractivity (Wildman–Crippen MR) is 124 cm³/mol. The van der Waals surface area contributed by atoms with Gasteiger partial charge in [0.05, 0.1) is 4.90 Å². The van der Waals surface area contributed by atoms with Crippen LogP contribution in [0.1, 0.15) is 56.1 Å². The summed E-state index contributed by atoms with van der Waals surface area (Å²) in [5, 5.41) is 6.86. The van der Waals surface area contributed by atoms with Gasteiger partial charge >= 0.3 is 0 Å². The summed E-state index contributed by atoms with van der Waals surface area (Å²) >= 11 is 0. The molecule has 7 heteroatoms. The molecular formula is C23H38N4O2S. The minimum Gasteiger partial charge on any atom is -0.355 e. The maximum Gasteiger partial charge on any atom is 0.191 e. The van der Waals surface area contributed by atoms with Crippen LogP contribution in [0.25, 0.3) is 0 Å². The van der Waals surface area contributed by atoms with Crippen LogP contribution in [0, 0.1) is 12.8 Å². The van der Waals surface area contributed by atoms with Crippen molar-refractivity contribution in [3.8, 4) is 0 Å². The Kier molecular flexibility index (Phi) is 8.17. The molecule has 30 heavy (non-hydrogen) atoms. The van der Waals surface area contributed by atoms with Gasteiger partial charge in [0, 0.05) is 39.0 Å². The zero-order valence-electron chi connectivity index (χ0n) is 18.8. The zero-order valence-corrected chi connectivity index (χ0v) is 19.6. The fourth-order valence-corrected chi connectivity index (χ4v) is 5.89. The Hall–Kier alpha value is -1.60. The molecule has 1 heterocycles. The summed E-state index contributed by atoms with van der Waals surface area (Å²) in [4.78, 5) is 7.44. The molecule has 0 aromatic heterocycles. The summed E-state index contributed by atoms with van der Waals surface area (Å²) in [6.45, 7) is 5.85. The number of hydrogen-bond donors (Lipinski definition) is 2. The highest BCUT2D eigenvalue weighted by molar-refractivity contribution is 7.90. The molecule has 0 amide bonds. The Morgan fingerprint density at radius 2 is 1.90 bits per heavy atom. The van der Waals surface area contributed by atoms with Crippen LogP contribution in [0.5, 0.6) is 0 Å².